The summed E-state index contributed by atoms with van der Waals surface area (Å²) in [7, 11) is 0. The standard InChI is InChI=1S/C67H51N/c1-4-20-46(21-5-1)55-33-16-23-49-24-17-35-59(65(49)55)58-30-13-15-38-63(58)68(52-43-40-48(41-44-52)54-32-18-34-56-53-29-11-10-22-47(53)42-45-57(54)56)64-39-19-37-62-66(64)60-31-12-14-36-61(60)67(62,50-25-6-2-7-26-50)51-27-8-3-9-28-51/h2-3,6-19,22-46H,1,4-5,20-21H2. The number of fused-ring (bicyclic) bond motifs is 7. The maximum atomic E-state index is 2.57. The van der Waals surface area contributed by atoms with Gasteiger partial charge in [0.05, 0.1) is 16.8 Å². The number of nitrogens with zero attached hydrogens (tertiary/aromatic N) is 1. The van der Waals surface area contributed by atoms with Crippen LogP contribution in [0.5, 0.6) is 0 Å². The van der Waals surface area contributed by atoms with Gasteiger partial charge >= 0.3 is 0 Å². The maximum absolute atomic E-state index is 2.57. The van der Waals surface area contributed by atoms with E-state index in [0.717, 1.165) is 17.1 Å². The molecule has 11 aromatic carbocycles. The Morgan fingerprint density at radius 3 is 1.72 bits per heavy atom. The van der Waals surface area contributed by atoms with Gasteiger partial charge in [-0.05, 0) is 125 Å². The van der Waals surface area contributed by atoms with E-state index in [1.165, 1.54) is 126 Å². The van der Waals surface area contributed by atoms with E-state index in [9.17, 15) is 0 Å². The third-order valence-electron chi connectivity index (χ3n) is 15.3. The van der Waals surface area contributed by atoms with Gasteiger partial charge in [0, 0.05) is 16.8 Å². The normalized spacial score (nSPS) is 14.2. The molecule has 1 heteroatoms. The van der Waals surface area contributed by atoms with Crippen LogP contribution in [0.25, 0.3) is 65.7 Å². The first kappa shape index (κ1) is 40.3. The van der Waals surface area contributed by atoms with Crippen LogP contribution in [0.15, 0.2) is 243 Å². The van der Waals surface area contributed by atoms with Gasteiger partial charge in [-0.1, -0.05) is 238 Å². The summed E-state index contributed by atoms with van der Waals surface area (Å²) in [4.78, 5) is 2.57. The molecule has 1 nitrogen and oxygen atoms in total. The molecule has 1 fully saturated rings. The van der Waals surface area contributed by atoms with Crippen molar-refractivity contribution in [3.63, 3.8) is 0 Å². The molecule has 324 valence electrons. The summed E-state index contributed by atoms with van der Waals surface area (Å²) in [5.41, 5.74) is 17.0. The summed E-state index contributed by atoms with van der Waals surface area (Å²) < 4.78 is 0. The van der Waals surface area contributed by atoms with Crippen LogP contribution in [0.4, 0.5) is 17.1 Å². The summed E-state index contributed by atoms with van der Waals surface area (Å²) in [5.74, 6) is 0.564. The number of benzene rings is 11. The highest BCUT2D eigenvalue weighted by molar-refractivity contribution is 6.12. The van der Waals surface area contributed by atoms with Gasteiger partial charge in [0.2, 0.25) is 0 Å². The maximum Gasteiger partial charge on any atom is 0.0714 e. The molecule has 0 heterocycles. The van der Waals surface area contributed by atoms with Gasteiger partial charge < -0.3 is 4.90 Å². The number of rotatable bonds is 8. The molecule has 0 bridgehead atoms. The minimum atomic E-state index is -0.525. The molecule has 0 N–H and O–H groups in total. The lowest BCUT2D eigenvalue weighted by atomic mass is 9.68. The molecule has 0 unspecified atom stereocenters. The highest BCUT2D eigenvalue weighted by Crippen LogP contribution is 2.60. The van der Waals surface area contributed by atoms with Crippen molar-refractivity contribution in [2.45, 2.75) is 43.4 Å². The van der Waals surface area contributed by atoms with Crippen LogP contribution >= 0.6 is 0 Å². The lowest BCUT2D eigenvalue weighted by Gasteiger charge is -2.34. The molecule has 0 atom stereocenters. The van der Waals surface area contributed by atoms with E-state index in [4.69, 9.17) is 0 Å². The van der Waals surface area contributed by atoms with E-state index in [1.54, 1.807) is 0 Å². The van der Waals surface area contributed by atoms with Gasteiger partial charge in [-0.2, -0.15) is 0 Å². The zero-order valence-electron chi connectivity index (χ0n) is 38.2. The molecule has 2 aliphatic rings. The van der Waals surface area contributed by atoms with Crippen LogP contribution in [0.3, 0.4) is 0 Å². The minimum Gasteiger partial charge on any atom is -0.309 e. The van der Waals surface area contributed by atoms with E-state index in [0.29, 0.717) is 5.92 Å². The topological polar surface area (TPSA) is 3.24 Å². The van der Waals surface area contributed by atoms with Crippen LogP contribution in [0.2, 0.25) is 0 Å². The average Bonchev–Trinajstić information content (AvgIpc) is 3.73. The summed E-state index contributed by atoms with van der Waals surface area (Å²) in [6, 6.07) is 91.0. The van der Waals surface area contributed by atoms with Gasteiger partial charge in [0.1, 0.15) is 0 Å². The second-order valence-corrected chi connectivity index (χ2v) is 18.9. The molecule has 11 aromatic rings. The molecule has 0 aromatic heterocycles. The van der Waals surface area contributed by atoms with E-state index in [1.807, 2.05) is 0 Å². The van der Waals surface area contributed by atoms with Gasteiger partial charge in [-0.15, -0.1) is 0 Å². The molecule has 0 aliphatic heterocycles. The Labute approximate surface area is 399 Å². The number of anilines is 3. The summed E-state index contributed by atoms with van der Waals surface area (Å²) in [6.45, 7) is 0. The molecule has 0 amide bonds. The Morgan fingerprint density at radius 2 is 0.926 bits per heavy atom. The second-order valence-electron chi connectivity index (χ2n) is 18.9. The smallest absolute Gasteiger partial charge is 0.0714 e. The first-order chi connectivity index (χ1) is 33.8. The van der Waals surface area contributed by atoms with Crippen molar-refractivity contribution in [1.29, 1.82) is 0 Å². The van der Waals surface area contributed by atoms with Crippen LogP contribution in [0, 0.1) is 0 Å². The number of hydrogen-bond donors (Lipinski definition) is 0. The zero-order chi connectivity index (χ0) is 45.0. The van der Waals surface area contributed by atoms with Gasteiger partial charge in [0.15, 0.2) is 0 Å². The quantitative estimate of drug-likeness (QED) is 0.138. The minimum absolute atomic E-state index is 0.525. The molecule has 0 radical (unpaired) electrons. The zero-order valence-corrected chi connectivity index (χ0v) is 38.2. The van der Waals surface area contributed by atoms with Crippen LogP contribution in [-0.4, -0.2) is 0 Å². The van der Waals surface area contributed by atoms with E-state index in [2.05, 4.69) is 248 Å². The lowest BCUT2D eigenvalue weighted by molar-refractivity contribution is 0.445. The van der Waals surface area contributed by atoms with Crippen LogP contribution in [0.1, 0.15) is 65.8 Å². The van der Waals surface area contributed by atoms with Crippen LogP contribution in [-0.2, 0) is 5.41 Å². The van der Waals surface area contributed by atoms with E-state index in [-0.39, 0.29) is 0 Å². The monoisotopic (exact) mass is 869 g/mol. The van der Waals surface area contributed by atoms with Crippen molar-refractivity contribution in [1.82, 2.24) is 0 Å². The van der Waals surface area contributed by atoms with Crippen molar-refractivity contribution >= 4 is 49.4 Å². The van der Waals surface area contributed by atoms with Crippen molar-refractivity contribution in [3.8, 4) is 33.4 Å². The van der Waals surface area contributed by atoms with Crippen molar-refractivity contribution < 1.29 is 0 Å². The van der Waals surface area contributed by atoms with Crippen molar-refractivity contribution in [3.05, 3.63) is 270 Å². The third kappa shape index (κ3) is 6.37. The summed E-state index contributed by atoms with van der Waals surface area (Å²) in [5, 5.41) is 7.79. The highest BCUT2D eigenvalue weighted by Gasteiger charge is 2.47. The van der Waals surface area contributed by atoms with E-state index < -0.39 is 5.41 Å². The molecule has 0 saturated heterocycles. The largest absolute Gasteiger partial charge is 0.309 e. The highest BCUT2D eigenvalue weighted by atomic mass is 15.1. The van der Waals surface area contributed by atoms with Gasteiger partial charge in [0.25, 0.3) is 0 Å². The SMILES string of the molecule is c1ccc(C2(c3ccccc3)c3ccccc3-c3c(N(c4ccc(-c5cccc6c5ccc5ccccc56)cc4)c4ccccc4-c4cccc5cccc(C6CCCCC6)c45)cccc32)cc1. The first-order valence-corrected chi connectivity index (χ1v) is 24.5. The number of para-hydroxylation sites is 1. The summed E-state index contributed by atoms with van der Waals surface area (Å²) in [6.07, 6.45) is 6.43. The lowest BCUT2D eigenvalue weighted by Crippen LogP contribution is -2.28. The molecule has 2 aliphatic carbocycles. The average molecular weight is 870 g/mol. The Balaban J connectivity index is 1.07. The Kier molecular flexibility index (Phi) is 9.90. The second kappa shape index (κ2) is 16.7. The predicted octanol–water partition coefficient (Wildman–Crippen LogP) is 18.4. The molecule has 68 heavy (non-hydrogen) atoms. The fourth-order valence-corrected chi connectivity index (χ4v) is 12.4. The molecule has 0 spiro atoms. The Hall–Kier alpha value is -8.00. The molecular weight excluding hydrogens is 819 g/mol. The van der Waals surface area contributed by atoms with Gasteiger partial charge in [-0.25, -0.2) is 0 Å². The molecule has 13 rings (SSSR count). The Bertz CT molecular complexity index is 3610. The van der Waals surface area contributed by atoms with Crippen molar-refractivity contribution in [2.24, 2.45) is 0 Å². The Morgan fingerprint density at radius 1 is 0.353 bits per heavy atom. The first-order valence-electron chi connectivity index (χ1n) is 24.5. The fourth-order valence-electron chi connectivity index (χ4n) is 12.4. The van der Waals surface area contributed by atoms with Gasteiger partial charge in [-0.3, -0.25) is 0 Å². The van der Waals surface area contributed by atoms with Crippen LogP contribution < -0.4 is 4.90 Å². The summed E-state index contributed by atoms with van der Waals surface area (Å²) >= 11 is 0. The fraction of sp³-hybridized carbons (Fsp3) is 0.104. The number of hydrogen-bond acceptors (Lipinski definition) is 1. The van der Waals surface area contributed by atoms with E-state index >= 15 is 0 Å². The molecular formula is C67H51N. The molecule has 1 saturated carbocycles. The third-order valence-corrected chi connectivity index (χ3v) is 15.3. The predicted molar refractivity (Wildman–Crippen MR) is 288 cm³/mol. The van der Waals surface area contributed by atoms with Crippen molar-refractivity contribution in [2.75, 3.05) is 4.90 Å².